The molecule has 1 rings (SSSR count). The molecule has 0 spiro atoms. The van der Waals surface area contributed by atoms with Crippen molar-refractivity contribution in [2.45, 2.75) is 10.1 Å². The van der Waals surface area contributed by atoms with Crippen LogP contribution >= 0.6 is 11.8 Å². The highest BCUT2D eigenvalue weighted by Gasteiger charge is 1.94. The molecule has 0 aliphatic rings. The Hall–Kier alpha value is -0.430. The molecule has 1 heteroatoms. The number of thioether (sulfide) groups is 1. The predicted octanol–water partition coefficient (Wildman–Crippen LogP) is 2.82. The van der Waals surface area contributed by atoms with Crippen LogP contribution in [0.25, 0.3) is 0 Å². The Balaban J connectivity index is 2.59. The van der Waals surface area contributed by atoms with Gasteiger partial charge in [0.05, 0.1) is 0 Å². The Morgan fingerprint density at radius 1 is 1.10 bits per heavy atom. The van der Waals surface area contributed by atoms with Gasteiger partial charge in [0, 0.05) is 10.1 Å². The highest BCUT2D eigenvalue weighted by molar-refractivity contribution is 8.00. The van der Waals surface area contributed by atoms with Crippen LogP contribution in [0, 0.1) is 13.8 Å². The molecule has 0 nitrogen and oxygen atoms in total. The van der Waals surface area contributed by atoms with E-state index in [1.165, 1.54) is 4.90 Å². The van der Waals surface area contributed by atoms with Gasteiger partial charge in [-0.1, -0.05) is 18.2 Å². The van der Waals surface area contributed by atoms with Crippen molar-refractivity contribution in [2.24, 2.45) is 0 Å². The first kappa shape index (κ1) is 7.67. The second-order valence-electron chi connectivity index (χ2n) is 2.05. The highest BCUT2D eigenvalue weighted by atomic mass is 32.2. The molecule has 0 unspecified atom stereocenters. The van der Waals surface area contributed by atoms with Crippen LogP contribution in [0.2, 0.25) is 0 Å². The zero-order chi connectivity index (χ0) is 7.40. The highest BCUT2D eigenvalue weighted by Crippen LogP contribution is 2.20. The fourth-order valence-electron chi connectivity index (χ4n) is 0.692. The Morgan fingerprint density at radius 3 is 2.20 bits per heavy atom. The van der Waals surface area contributed by atoms with Crippen molar-refractivity contribution in [2.75, 3.05) is 0 Å². The average molecular weight is 150 g/mol. The molecule has 0 heterocycles. The molecule has 0 bridgehead atoms. The summed E-state index contributed by atoms with van der Waals surface area (Å²) in [6.07, 6.45) is 0. The first-order chi connectivity index (χ1) is 4.79. The van der Waals surface area contributed by atoms with Crippen LogP contribution in [0.5, 0.6) is 0 Å². The van der Waals surface area contributed by atoms with E-state index in [1.807, 2.05) is 18.2 Å². The van der Waals surface area contributed by atoms with Gasteiger partial charge >= 0.3 is 0 Å². The molecular weight excluding hydrogens is 140 g/mol. The molecule has 0 saturated heterocycles. The molecule has 0 aromatic heterocycles. The summed E-state index contributed by atoms with van der Waals surface area (Å²) >= 11 is 1.68. The Kier molecular flexibility index (Phi) is 2.82. The fraction of sp³-hybridized carbons (Fsp3) is 0.111. The van der Waals surface area contributed by atoms with Gasteiger partial charge in [0.1, 0.15) is 0 Å². The quantitative estimate of drug-likeness (QED) is 0.584. The molecule has 0 fully saturated rings. The van der Waals surface area contributed by atoms with E-state index >= 15 is 0 Å². The third-order valence-electron chi connectivity index (χ3n) is 1.05. The monoisotopic (exact) mass is 150 g/mol. The Bertz CT molecular complexity index is 179. The van der Waals surface area contributed by atoms with Gasteiger partial charge in [-0.15, -0.1) is 11.8 Å². The summed E-state index contributed by atoms with van der Waals surface area (Å²) < 4.78 is 0. The average Bonchev–Trinajstić information content (AvgIpc) is 1.88. The number of hydrogen-bond acceptors (Lipinski definition) is 1. The van der Waals surface area contributed by atoms with Crippen LogP contribution in [0.3, 0.4) is 0 Å². The second kappa shape index (κ2) is 3.67. The topological polar surface area (TPSA) is 0 Å². The third-order valence-corrected chi connectivity index (χ3v) is 1.92. The molecule has 0 amide bonds. The molecule has 0 aliphatic heterocycles. The SMILES string of the molecule is [CH2]C([CH2])Sc1ccccc1. The van der Waals surface area contributed by atoms with Crippen molar-refractivity contribution in [1.29, 1.82) is 0 Å². The molecule has 0 N–H and O–H groups in total. The van der Waals surface area contributed by atoms with Crippen LogP contribution < -0.4 is 0 Å². The first-order valence-corrected chi connectivity index (χ1v) is 4.05. The second-order valence-corrected chi connectivity index (χ2v) is 3.43. The van der Waals surface area contributed by atoms with Crippen molar-refractivity contribution in [3.63, 3.8) is 0 Å². The lowest BCUT2D eigenvalue weighted by molar-refractivity contribution is 1.38. The Labute approximate surface area is 66.6 Å². The standard InChI is InChI=1S/C9H10S/c1-8(2)10-9-6-4-3-5-7-9/h3-8H,1-2H2. The molecule has 1 aromatic carbocycles. The summed E-state index contributed by atoms with van der Waals surface area (Å²) in [6, 6.07) is 10.2. The van der Waals surface area contributed by atoms with E-state index in [4.69, 9.17) is 0 Å². The lowest BCUT2D eigenvalue weighted by Gasteiger charge is -2.02. The van der Waals surface area contributed by atoms with Crippen molar-refractivity contribution in [3.05, 3.63) is 44.2 Å². The predicted molar refractivity (Wildman–Crippen MR) is 46.8 cm³/mol. The maximum Gasteiger partial charge on any atom is 0.00952 e. The lowest BCUT2D eigenvalue weighted by Crippen LogP contribution is -1.85. The maximum absolute atomic E-state index is 3.79. The number of hydrogen-bond donors (Lipinski definition) is 0. The van der Waals surface area contributed by atoms with E-state index in [2.05, 4.69) is 26.0 Å². The lowest BCUT2D eigenvalue weighted by atomic mass is 10.4. The molecular formula is C9H10S. The minimum Gasteiger partial charge on any atom is -0.123 e. The van der Waals surface area contributed by atoms with Gasteiger partial charge in [-0.05, 0) is 26.0 Å². The van der Waals surface area contributed by atoms with Crippen LogP contribution in [0.15, 0.2) is 35.2 Å². The van der Waals surface area contributed by atoms with Crippen molar-refractivity contribution in [1.82, 2.24) is 0 Å². The van der Waals surface area contributed by atoms with Crippen molar-refractivity contribution < 1.29 is 0 Å². The minimum atomic E-state index is 0.183. The van der Waals surface area contributed by atoms with Gasteiger partial charge in [-0.2, -0.15) is 0 Å². The summed E-state index contributed by atoms with van der Waals surface area (Å²) in [7, 11) is 0. The summed E-state index contributed by atoms with van der Waals surface area (Å²) in [5, 5.41) is 0.183. The third kappa shape index (κ3) is 2.44. The zero-order valence-corrected chi connectivity index (χ0v) is 6.60. The van der Waals surface area contributed by atoms with Crippen LogP contribution in [0.4, 0.5) is 0 Å². The van der Waals surface area contributed by atoms with E-state index in [-0.39, 0.29) is 5.25 Å². The van der Waals surface area contributed by atoms with Gasteiger partial charge in [-0.25, -0.2) is 0 Å². The van der Waals surface area contributed by atoms with E-state index in [9.17, 15) is 0 Å². The van der Waals surface area contributed by atoms with Gasteiger partial charge in [0.25, 0.3) is 0 Å². The summed E-state index contributed by atoms with van der Waals surface area (Å²) in [6.45, 7) is 7.57. The minimum absolute atomic E-state index is 0.183. The van der Waals surface area contributed by atoms with Crippen molar-refractivity contribution in [3.8, 4) is 0 Å². The molecule has 52 valence electrons. The van der Waals surface area contributed by atoms with Gasteiger partial charge in [0.2, 0.25) is 0 Å². The van der Waals surface area contributed by atoms with Gasteiger partial charge in [0.15, 0.2) is 0 Å². The van der Waals surface area contributed by atoms with E-state index in [1.54, 1.807) is 11.8 Å². The molecule has 0 aliphatic carbocycles. The molecule has 2 radical (unpaired) electrons. The maximum atomic E-state index is 3.79. The summed E-state index contributed by atoms with van der Waals surface area (Å²) in [4.78, 5) is 1.23. The van der Waals surface area contributed by atoms with Crippen LogP contribution in [-0.2, 0) is 0 Å². The summed E-state index contributed by atoms with van der Waals surface area (Å²) in [5.74, 6) is 0. The van der Waals surface area contributed by atoms with Gasteiger partial charge < -0.3 is 0 Å². The molecule has 0 saturated carbocycles. The Morgan fingerprint density at radius 2 is 1.70 bits per heavy atom. The van der Waals surface area contributed by atoms with Crippen LogP contribution in [-0.4, -0.2) is 5.25 Å². The molecule has 0 atom stereocenters. The first-order valence-electron chi connectivity index (χ1n) is 3.17. The van der Waals surface area contributed by atoms with E-state index in [0.29, 0.717) is 0 Å². The van der Waals surface area contributed by atoms with E-state index in [0.717, 1.165) is 0 Å². The normalized spacial score (nSPS) is 10.3. The molecule has 10 heavy (non-hydrogen) atoms. The summed E-state index contributed by atoms with van der Waals surface area (Å²) in [5.41, 5.74) is 0. The fourth-order valence-corrected chi connectivity index (χ4v) is 1.39. The van der Waals surface area contributed by atoms with Crippen LogP contribution in [0.1, 0.15) is 0 Å². The molecule has 1 aromatic rings. The number of rotatable bonds is 2. The van der Waals surface area contributed by atoms with Gasteiger partial charge in [-0.3, -0.25) is 0 Å². The number of benzene rings is 1. The smallest absolute Gasteiger partial charge is 0.00952 e. The van der Waals surface area contributed by atoms with Crippen molar-refractivity contribution >= 4 is 11.8 Å². The zero-order valence-electron chi connectivity index (χ0n) is 5.79. The largest absolute Gasteiger partial charge is 0.123 e. The van der Waals surface area contributed by atoms with E-state index < -0.39 is 0 Å².